The average Bonchev–Trinajstić information content (AvgIpc) is 3.05. The number of nitrogens with zero attached hydrogens (tertiary/aromatic N) is 3. The van der Waals surface area contributed by atoms with E-state index in [1.54, 1.807) is 19.4 Å². The van der Waals surface area contributed by atoms with Crippen molar-refractivity contribution in [3.05, 3.63) is 53.2 Å². The molecule has 8 nitrogen and oxygen atoms in total. The number of hydrogen-bond donors (Lipinski definition) is 2. The van der Waals surface area contributed by atoms with Crippen molar-refractivity contribution >= 4 is 34.9 Å². The summed E-state index contributed by atoms with van der Waals surface area (Å²) in [5.41, 5.74) is 4.85. The fraction of sp³-hybridized carbons (Fsp3) is 0.190. The van der Waals surface area contributed by atoms with Gasteiger partial charge in [-0.3, -0.25) is 0 Å². The lowest BCUT2D eigenvalue weighted by Gasteiger charge is -2.13. The highest BCUT2D eigenvalue weighted by Crippen LogP contribution is 2.37. The van der Waals surface area contributed by atoms with E-state index in [0.717, 1.165) is 33.8 Å². The molecule has 0 saturated heterocycles. The van der Waals surface area contributed by atoms with Crippen LogP contribution in [-0.2, 0) is 0 Å². The summed E-state index contributed by atoms with van der Waals surface area (Å²) in [6.07, 6.45) is 1.14. The first-order valence-corrected chi connectivity index (χ1v) is 9.03. The van der Waals surface area contributed by atoms with Gasteiger partial charge < -0.3 is 20.1 Å². The van der Waals surface area contributed by atoms with Crippen LogP contribution >= 0.6 is 0 Å². The molecule has 147 valence electrons. The number of nitrogens with one attached hydrogen (secondary N) is 2. The molecule has 2 N–H and O–H groups in total. The maximum Gasteiger partial charge on any atom is 0.439 e. The van der Waals surface area contributed by atoms with Crippen LogP contribution in [-0.4, -0.2) is 23.2 Å². The molecule has 1 amide bonds. The summed E-state index contributed by atoms with van der Waals surface area (Å²) in [6.45, 7) is 5.77. The van der Waals surface area contributed by atoms with Crippen LogP contribution in [0.4, 0.5) is 33.6 Å². The Kier molecular flexibility index (Phi) is 4.67. The fourth-order valence-corrected chi connectivity index (χ4v) is 3.08. The summed E-state index contributed by atoms with van der Waals surface area (Å²) in [7, 11) is 1.63. The molecular formula is C21H20N5O3. The van der Waals surface area contributed by atoms with Gasteiger partial charge in [0.25, 0.3) is 0 Å². The zero-order valence-electron chi connectivity index (χ0n) is 16.5. The van der Waals surface area contributed by atoms with Crippen molar-refractivity contribution in [1.29, 1.82) is 0 Å². The molecule has 0 spiro atoms. The SMILES string of the molecule is COc1cc(C)cc(Nc2ncc(C)c(Nc3cc(C)c4c(c3)[N]C(=O)O4)n2)c1. The molecule has 0 fully saturated rings. The molecule has 0 aliphatic carbocycles. The lowest BCUT2D eigenvalue weighted by Crippen LogP contribution is -2.05. The summed E-state index contributed by atoms with van der Waals surface area (Å²) < 4.78 is 10.4. The first kappa shape index (κ1) is 18.5. The second-order valence-corrected chi connectivity index (χ2v) is 6.84. The minimum Gasteiger partial charge on any atom is -0.497 e. The second-order valence-electron chi connectivity index (χ2n) is 6.84. The number of fused-ring (bicyclic) bond motifs is 1. The van der Waals surface area contributed by atoms with Gasteiger partial charge in [0.1, 0.15) is 17.3 Å². The van der Waals surface area contributed by atoms with Crippen molar-refractivity contribution in [3.63, 3.8) is 0 Å². The Morgan fingerprint density at radius 2 is 1.76 bits per heavy atom. The summed E-state index contributed by atoms with van der Waals surface area (Å²) >= 11 is 0. The highest BCUT2D eigenvalue weighted by molar-refractivity contribution is 5.87. The van der Waals surface area contributed by atoms with Crippen molar-refractivity contribution in [3.8, 4) is 11.5 Å². The topological polar surface area (TPSA) is 99.5 Å². The highest BCUT2D eigenvalue weighted by Gasteiger charge is 2.24. The first-order chi connectivity index (χ1) is 13.9. The molecule has 29 heavy (non-hydrogen) atoms. The number of aryl methyl sites for hydroxylation is 3. The number of rotatable bonds is 5. The van der Waals surface area contributed by atoms with E-state index in [1.807, 2.05) is 45.0 Å². The monoisotopic (exact) mass is 390 g/mol. The van der Waals surface area contributed by atoms with Crippen molar-refractivity contribution in [2.75, 3.05) is 17.7 Å². The van der Waals surface area contributed by atoms with Gasteiger partial charge in [0.05, 0.1) is 7.11 Å². The third-order valence-electron chi connectivity index (χ3n) is 4.43. The number of anilines is 4. The minimum absolute atomic E-state index is 0.451. The zero-order valence-corrected chi connectivity index (χ0v) is 16.5. The van der Waals surface area contributed by atoms with Crippen molar-refractivity contribution in [2.24, 2.45) is 0 Å². The molecule has 2 aromatic carbocycles. The lowest BCUT2D eigenvalue weighted by atomic mass is 10.1. The number of amides is 1. The molecule has 3 aromatic rings. The van der Waals surface area contributed by atoms with E-state index < -0.39 is 6.09 Å². The maximum absolute atomic E-state index is 11.4. The smallest absolute Gasteiger partial charge is 0.439 e. The van der Waals surface area contributed by atoms with Gasteiger partial charge >= 0.3 is 6.09 Å². The zero-order chi connectivity index (χ0) is 20.5. The van der Waals surface area contributed by atoms with Crippen LogP contribution < -0.4 is 25.4 Å². The van der Waals surface area contributed by atoms with E-state index >= 15 is 0 Å². The Morgan fingerprint density at radius 1 is 0.966 bits per heavy atom. The predicted molar refractivity (Wildman–Crippen MR) is 110 cm³/mol. The Bertz CT molecular complexity index is 1110. The van der Waals surface area contributed by atoms with Crippen LogP contribution in [0.1, 0.15) is 16.7 Å². The molecule has 8 heteroatoms. The van der Waals surface area contributed by atoms with E-state index in [4.69, 9.17) is 9.47 Å². The quantitative estimate of drug-likeness (QED) is 0.654. The Labute approximate surface area is 168 Å². The molecule has 0 bridgehead atoms. The third kappa shape index (κ3) is 3.91. The van der Waals surface area contributed by atoms with E-state index in [2.05, 4.69) is 25.9 Å². The minimum atomic E-state index is -0.599. The Hall–Kier alpha value is -3.81. The average molecular weight is 390 g/mol. The molecule has 4 rings (SSSR count). The van der Waals surface area contributed by atoms with Crippen LogP contribution in [0.3, 0.4) is 0 Å². The van der Waals surface area contributed by atoms with E-state index in [-0.39, 0.29) is 0 Å². The largest absolute Gasteiger partial charge is 0.497 e. The molecule has 0 unspecified atom stereocenters. The lowest BCUT2D eigenvalue weighted by molar-refractivity contribution is 0.211. The summed E-state index contributed by atoms with van der Waals surface area (Å²) in [5.74, 6) is 2.35. The molecule has 0 atom stereocenters. The van der Waals surface area contributed by atoms with Crippen LogP contribution in [0.25, 0.3) is 0 Å². The molecule has 0 saturated carbocycles. The van der Waals surface area contributed by atoms with Gasteiger partial charge in [0.15, 0.2) is 5.75 Å². The molecular weight excluding hydrogens is 370 g/mol. The molecule has 1 radical (unpaired) electrons. The number of methoxy groups -OCH3 is 1. The number of benzene rings is 2. The summed E-state index contributed by atoms with van der Waals surface area (Å²) in [4.78, 5) is 20.4. The standard InChI is InChI=1S/C21H20N5O3/c1-11-5-14(8-16(6-11)28-4)24-20-22-10-13(3)19(26-20)23-15-7-12(2)18-17(9-15)25-21(27)29-18/h5-10H,1-4H3,(H2,22,23,24,26). The third-order valence-corrected chi connectivity index (χ3v) is 4.43. The number of hydrogen-bond acceptors (Lipinski definition) is 7. The van der Waals surface area contributed by atoms with Gasteiger partial charge in [-0.05, 0) is 56.2 Å². The second kappa shape index (κ2) is 7.31. The van der Waals surface area contributed by atoms with Crippen LogP contribution in [0.2, 0.25) is 0 Å². The van der Waals surface area contributed by atoms with Crippen molar-refractivity contribution in [2.45, 2.75) is 20.8 Å². The molecule has 1 aliphatic heterocycles. The van der Waals surface area contributed by atoms with Gasteiger partial charge in [-0.25, -0.2) is 9.78 Å². The Morgan fingerprint density at radius 3 is 2.55 bits per heavy atom. The number of ether oxygens (including phenoxy) is 2. The van der Waals surface area contributed by atoms with Gasteiger partial charge in [0, 0.05) is 29.2 Å². The molecule has 1 aliphatic rings. The van der Waals surface area contributed by atoms with Gasteiger partial charge in [-0.15, -0.1) is 0 Å². The van der Waals surface area contributed by atoms with Gasteiger partial charge in [-0.2, -0.15) is 10.3 Å². The number of carbonyl (C=O) groups is 1. The fourth-order valence-electron chi connectivity index (χ4n) is 3.08. The number of carbonyl (C=O) groups excluding carboxylic acids is 1. The predicted octanol–water partition coefficient (Wildman–Crippen LogP) is 4.65. The first-order valence-electron chi connectivity index (χ1n) is 9.03. The molecule has 2 heterocycles. The van der Waals surface area contributed by atoms with Crippen molar-refractivity contribution in [1.82, 2.24) is 15.3 Å². The van der Waals surface area contributed by atoms with Crippen LogP contribution in [0.5, 0.6) is 11.5 Å². The summed E-state index contributed by atoms with van der Waals surface area (Å²) in [6, 6.07) is 9.46. The normalized spacial score (nSPS) is 12.1. The van der Waals surface area contributed by atoms with Crippen LogP contribution in [0, 0.1) is 20.8 Å². The van der Waals surface area contributed by atoms with E-state index in [0.29, 0.717) is 23.2 Å². The van der Waals surface area contributed by atoms with Gasteiger partial charge in [0.2, 0.25) is 5.95 Å². The van der Waals surface area contributed by atoms with Crippen LogP contribution in [0.15, 0.2) is 36.5 Å². The summed E-state index contributed by atoms with van der Waals surface area (Å²) in [5, 5.41) is 10.4. The Balaban J connectivity index is 1.60. The van der Waals surface area contributed by atoms with E-state index in [1.165, 1.54) is 0 Å². The maximum atomic E-state index is 11.4. The van der Waals surface area contributed by atoms with E-state index in [9.17, 15) is 4.79 Å². The van der Waals surface area contributed by atoms with Gasteiger partial charge in [-0.1, -0.05) is 0 Å². The number of aromatic nitrogens is 2. The molecule has 1 aromatic heterocycles. The van der Waals surface area contributed by atoms with Crippen molar-refractivity contribution < 1.29 is 14.3 Å². The highest BCUT2D eigenvalue weighted by atomic mass is 16.6.